The molecular weight excluding hydrogens is 170 g/mol. The molecule has 0 aliphatic heterocycles. The maximum atomic E-state index is 11.0. The molecule has 0 spiro atoms. The number of esters is 1. The summed E-state index contributed by atoms with van der Waals surface area (Å²) in [7, 11) is 4.97. The summed E-state index contributed by atoms with van der Waals surface area (Å²) in [5.74, 6) is 0.137. The van der Waals surface area contributed by atoms with Gasteiger partial charge in [0.25, 0.3) is 0 Å². The smallest absolute Gasteiger partial charge is 0.341 e. The van der Waals surface area contributed by atoms with Crippen LogP contribution in [0.15, 0.2) is 12.4 Å². The molecule has 0 aliphatic rings. The van der Waals surface area contributed by atoms with Crippen LogP contribution >= 0.6 is 0 Å². The second-order valence-corrected chi connectivity index (χ2v) is 2.66. The van der Waals surface area contributed by atoms with E-state index < -0.39 is 5.97 Å². The first-order chi connectivity index (χ1) is 6.15. The van der Waals surface area contributed by atoms with Crippen molar-refractivity contribution in [2.24, 2.45) is 0 Å². The van der Waals surface area contributed by atoms with E-state index in [0.29, 0.717) is 11.5 Å². The number of hydrogen-bond donors (Lipinski definition) is 0. The lowest BCUT2D eigenvalue weighted by molar-refractivity contribution is 0.0600. The summed E-state index contributed by atoms with van der Waals surface area (Å²) in [6.07, 6.45) is 2.88. The van der Waals surface area contributed by atoms with E-state index in [0.717, 1.165) is 0 Å². The van der Waals surface area contributed by atoms with Gasteiger partial charge < -0.3 is 9.64 Å². The molecule has 70 valence electrons. The number of carbonyl (C=O) groups excluding carboxylic acids is 1. The molecule has 0 fully saturated rings. The average Bonchev–Trinajstić information content (AvgIpc) is 2.17. The van der Waals surface area contributed by atoms with Crippen LogP contribution in [0.3, 0.4) is 0 Å². The third-order valence-corrected chi connectivity index (χ3v) is 1.46. The third-order valence-electron chi connectivity index (χ3n) is 1.46. The molecule has 1 rings (SSSR count). The zero-order valence-corrected chi connectivity index (χ0v) is 7.81. The summed E-state index contributed by atoms with van der Waals surface area (Å²) >= 11 is 0. The molecule has 0 unspecified atom stereocenters. The van der Waals surface area contributed by atoms with Crippen molar-refractivity contribution in [2.45, 2.75) is 0 Å². The fourth-order valence-electron chi connectivity index (χ4n) is 0.775. The molecule has 5 nitrogen and oxygen atoms in total. The molecule has 0 bridgehead atoms. The minimum Gasteiger partial charge on any atom is -0.465 e. The highest BCUT2D eigenvalue weighted by Gasteiger charge is 2.06. The largest absolute Gasteiger partial charge is 0.465 e. The number of rotatable bonds is 2. The molecule has 1 heterocycles. The van der Waals surface area contributed by atoms with Crippen molar-refractivity contribution in [2.75, 3.05) is 26.1 Å². The minimum absolute atomic E-state index is 0.355. The van der Waals surface area contributed by atoms with Crippen molar-refractivity contribution in [1.29, 1.82) is 0 Å². The van der Waals surface area contributed by atoms with Crippen molar-refractivity contribution < 1.29 is 9.53 Å². The van der Waals surface area contributed by atoms with E-state index in [-0.39, 0.29) is 0 Å². The Morgan fingerprint density at radius 2 is 1.92 bits per heavy atom. The van der Waals surface area contributed by atoms with E-state index in [1.165, 1.54) is 19.5 Å². The van der Waals surface area contributed by atoms with Gasteiger partial charge in [0.2, 0.25) is 5.95 Å². The summed E-state index contributed by atoms with van der Waals surface area (Å²) in [6.45, 7) is 0. The third kappa shape index (κ3) is 2.14. The standard InChI is InChI=1S/C8H11N3O2/c1-11(2)8-9-4-6(5-10-8)7(12)13-3/h4-5H,1-3H3. The van der Waals surface area contributed by atoms with Crippen molar-refractivity contribution >= 4 is 11.9 Å². The molecule has 0 aromatic carbocycles. The summed E-state index contributed by atoms with van der Waals surface area (Å²) in [4.78, 5) is 20.7. The Morgan fingerprint density at radius 3 is 2.31 bits per heavy atom. The van der Waals surface area contributed by atoms with Gasteiger partial charge in [-0.2, -0.15) is 0 Å². The Labute approximate surface area is 76.4 Å². The van der Waals surface area contributed by atoms with E-state index in [1.807, 2.05) is 14.1 Å². The Bertz CT molecular complexity index is 295. The summed E-state index contributed by atoms with van der Waals surface area (Å²) in [5, 5.41) is 0. The number of carbonyl (C=O) groups is 1. The van der Waals surface area contributed by atoms with Gasteiger partial charge in [0, 0.05) is 26.5 Å². The van der Waals surface area contributed by atoms with Gasteiger partial charge in [-0.05, 0) is 0 Å². The van der Waals surface area contributed by atoms with E-state index >= 15 is 0 Å². The van der Waals surface area contributed by atoms with Gasteiger partial charge in [-0.15, -0.1) is 0 Å². The molecule has 0 atom stereocenters. The summed E-state index contributed by atoms with van der Waals surface area (Å²) < 4.78 is 4.50. The lowest BCUT2D eigenvalue weighted by atomic mass is 10.3. The molecule has 5 heteroatoms. The Hall–Kier alpha value is -1.65. The van der Waals surface area contributed by atoms with Crippen LogP contribution < -0.4 is 4.90 Å². The molecule has 13 heavy (non-hydrogen) atoms. The van der Waals surface area contributed by atoms with Crippen LogP contribution in [0.5, 0.6) is 0 Å². The molecule has 1 aromatic rings. The maximum Gasteiger partial charge on any atom is 0.341 e. The monoisotopic (exact) mass is 181 g/mol. The highest BCUT2D eigenvalue weighted by Crippen LogP contribution is 2.03. The Morgan fingerprint density at radius 1 is 1.38 bits per heavy atom. The van der Waals surface area contributed by atoms with Crippen molar-refractivity contribution in [1.82, 2.24) is 9.97 Å². The predicted molar refractivity (Wildman–Crippen MR) is 47.7 cm³/mol. The summed E-state index contributed by atoms with van der Waals surface area (Å²) in [5.41, 5.74) is 0.355. The van der Waals surface area contributed by atoms with Crippen LogP contribution in [-0.4, -0.2) is 37.1 Å². The first-order valence-corrected chi connectivity index (χ1v) is 3.73. The van der Waals surface area contributed by atoms with Crippen LogP contribution in [0.1, 0.15) is 10.4 Å². The lowest BCUT2D eigenvalue weighted by Gasteiger charge is -2.08. The summed E-state index contributed by atoms with van der Waals surface area (Å²) in [6, 6.07) is 0. The highest BCUT2D eigenvalue weighted by molar-refractivity contribution is 5.88. The highest BCUT2D eigenvalue weighted by atomic mass is 16.5. The molecule has 0 amide bonds. The Kier molecular flexibility index (Phi) is 2.79. The van der Waals surface area contributed by atoms with E-state index in [2.05, 4.69) is 14.7 Å². The van der Waals surface area contributed by atoms with Gasteiger partial charge in [-0.3, -0.25) is 0 Å². The second-order valence-electron chi connectivity index (χ2n) is 2.66. The first kappa shape index (κ1) is 9.44. The van der Waals surface area contributed by atoms with Gasteiger partial charge in [-0.25, -0.2) is 14.8 Å². The molecular formula is C8H11N3O2. The number of aromatic nitrogens is 2. The predicted octanol–water partition coefficient (Wildman–Crippen LogP) is 0.329. The van der Waals surface area contributed by atoms with Gasteiger partial charge >= 0.3 is 5.97 Å². The van der Waals surface area contributed by atoms with E-state index in [9.17, 15) is 4.79 Å². The van der Waals surface area contributed by atoms with Crippen LogP contribution in [0.4, 0.5) is 5.95 Å². The van der Waals surface area contributed by atoms with Gasteiger partial charge in [-0.1, -0.05) is 0 Å². The quantitative estimate of drug-likeness (QED) is 0.615. The molecule has 0 saturated heterocycles. The van der Waals surface area contributed by atoms with Crippen LogP contribution in [0.2, 0.25) is 0 Å². The minimum atomic E-state index is -0.426. The molecule has 0 aliphatic carbocycles. The number of anilines is 1. The fourth-order valence-corrected chi connectivity index (χ4v) is 0.775. The second kappa shape index (κ2) is 3.84. The zero-order valence-electron chi connectivity index (χ0n) is 7.81. The molecule has 0 radical (unpaired) electrons. The fraction of sp³-hybridized carbons (Fsp3) is 0.375. The number of hydrogen-bond acceptors (Lipinski definition) is 5. The van der Waals surface area contributed by atoms with Gasteiger partial charge in [0.15, 0.2) is 0 Å². The maximum absolute atomic E-state index is 11.0. The normalized spacial score (nSPS) is 9.46. The van der Waals surface area contributed by atoms with Crippen molar-refractivity contribution in [3.8, 4) is 0 Å². The van der Waals surface area contributed by atoms with Crippen LogP contribution in [-0.2, 0) is 4.74 Å². The molecule has 0 saturated carbocycles. The van der Waals surface area contributed by atoms with E-state index in [4.69, 9.17) is 0 Å². The zero-order chi connectivity index (χ0) is 9.84. The number of nitrogens with zero attached hydrogens (tertiary/aromatic N) is 3. The molecule has 1 aromatic heterocycles. The Balaban J connectivity index is 2.87. The van der Waals surface area contributed by atoms with E-state index in [1.54, 1.807) is 4.90 Å². The topological polar surface area (TPSA) is 55.3 Å². The van der Waals surface area contributed by atoms with Crippen LogP contribution in [0.25, 0.3) is 0 Å². The lowest BCUT2D eigenvalue weighted by Crippen LogP contribution is -2.13. The number of methoxy groups -OCH3 is 1. The first-order valence-electron chi connectivity index (χ1n) is 3.73. The molecule has 0 N–H and O–H groups in total. The van der Waals surface area contributed by atoms with Gasteiger partial charge in [0.05, 0.1) is 12.7 Å². The van der Waals surface area contributed by atoms with Crippen molar-refractivity contribution in [3.05, 3.63) is 18.0 Å². The van der Waals surface area contributed by atoms with Crippen LogP contribution in [0, 0.1) is 0 Å². The average molecular weight is 181 g/mol. The SMILES string of the molecule is COC(=O)c1cnc(N(C)C)nc1. The van der Waals surface area contributed by atoms with Gasteiger partial charge in [0.1, 0.15) is 0 Å². The number of ether oxygens (including phenoxy) is 1. The van der Waals surface area contributed by atoms with Crippen molar-refractivity contribution in [3.63, 3.8) is 0 Å².